The average Bonchev–Trinajstić information content (AvgIpc) is 2.17. The number of imidazole rings is 1. The van der Waals surface area contributed by atoms with Crippen LogP contribution in [0, 0.1) is 6.92 Å². The van der Waals surface area contributed by atoms with Crippen molar-refractivity contribution in [2.24, 2.45) is 5.73 Å². The van der Waals surface area contributed by atoms with Crippen LogP contribution in [0.5, 0.6) is 0 Å². The van der Waals surface area contributed by atoms with Crippen molar-refractivity contribution in [2.45, 2.75) is 13.5 Å². The van der Waals surface area contributed by atoms with Gasteiger partial charge in [0.05, 0.1) is 0 Å². The number of hydrogen-bond donors (Lipinski definition) is 1. The maximum atomic E-state index is 5.81. The van der Waals surface area contributed by atoms with E-state index >= 15 is 0 Å². The highest BCUT2D eigenvalue weighted by Gasteiger charge is 2.08. The van der Waals surface area contributed by atoms with Gasteiger partial charge in [-0.15, -0.1) is 17.0 Å². The van der Waals surface area contributed by atoms with Gasteiger partial charge < -0.3 is 10.3 Å². The summed E-state index contributed by atoms with van der Waals surface area (Å²) in [5.74, 6) is 0.797. The molecule has 0 aliphatic carbocycles. The predicted molar refractivity (Wildman–Crippen MR) is 56.4 cm³/mol. The van der Waals surface area contributed by atoms with Gasteiger partial charge in [-0.2, -0.15) is 0 Å². The van der Waals surface area contributed by atoms with Crippen LogP contribution in [0.25, 0.3) is 0 Å². The molecular weight excluding hydrogens is 265 g/mol. The molecule has 0 aliphatic rings. The number of rotatable bonds is 2. The Hall–Kier alpha value is 0.230. The third-order valence-electron chi connectivity index (χ3n) is 1.41. The lowest BCUT2D eigenvalue weighted by atomic mass is 10.6. The lowest BCUT2D eigenvalue weighted by Crippen LogP contribution is -2.11. The van der Waals surface area contributed by atoms with Gasteiger partial charge in [-0.1, -0.05) is 23.2 Å². The molecule has 6 heteroatoms. The van der Waals surface area contributed by atoms with Crippen molar-refractivity contribution < 1.29 is 0 Å². The highest BCUT2D eigenvalue weighted by atomic mass is 79.9. The summed E-state index contributed by atoms with van der Waals surface area (Å²) < 4.78 is 1.78. The van der Waals surface area contributed by atoms with E-state index in [0.29, 0.717) is 23.4 Å². The quantitative estimate of drug-likeness (QED) is 0.897. The van der Waals surface area contributed by atoms with Crippen LogP contribution in [0.4, 0.5) is 0 Å². The second-order valence-corrected chi connectivity index (χ2v) is 2.90. The molecular formula is C6H10BrCl2N3. The van der Waals surface area contributed by atoms with Crippen LogP contribution in [0.15, 0.2) is 0 Å². The molecule has 0 aromatic carbocycles. The molecule has 12 heavy (non-hydrogen) atoms. The normalized spacial score (nSPS) is 9.67. The minimum atomic E-state index is 0. The number of halogens is 3. The summed E-state index contributed by atoms with van der Waals surface area (Å²) in [4.78, 5) is 3.97. The summed E-state index contributed by atoms with van der Waals surface area (Å²) in [6.07, 6.45) is 0. The third kappa shape index (κ3) is 2.36. The van der Waals surface area contributed by atoms with Gasteiger partial charge in [-0.05, 0) is 6.92 Å². The molecule has 3 nitrogen and oxygen atoms in total. The van der Waals surface area contributed by atoms with Gasteiger partial charge in [-0.25, -0.2) is 4.98 Å². The number of aromatic nitrogens is 2. The van der Waals surface area contributed by atoms with Gasteiger partial charge in [0.1, 0.15) is 11.0 Å². The maximum Gasteiger partial charge on any atom is 0.166 e. The van der Waals surface area contributed by atoms with Crippen molar-refractivity contribution in [3.05, 3.63) is 16.1 Å². The molecule has 0 aliphatic heterocycles. The van der Waals surface area contributed by atoms with Crippen LogP contribution in [0.1, 0.15) is 5.82 Å². The Kier molecular flexibility index (Phi) is 5.16. The third-order valence-corrected chi connectivity index (χ3v) is 2.15. The predicted octanol–water partition coefficient (Wildman–Crippen LogP) is 2.03. The molecule has 1 rings (SSSR count). The summed E-state index contributed by atoms with van der Waals surface area (Å²) in [7, 11) is 0. The van der Waals surface area contributed by atoms with Crippen LogP contribution < -0.4 is 5.73 Å². The molecule has 2 N–H and O–H groups in total. The van der Waals surface area contributed by atoms with E-state index in [1.807, 2.05) is 6.92 Å². The molecule has 70 valence electrons. The lowest BCUT2D eigenvalue weighted by Gasteiger charge is -2.02. The molecule has 1 heterocycles. The van der Waals surface area contributed by atoms with Gasteiger partial charge in [0.15, 0.2) is 5.15 Å². The van der Waals surface area contributed by atoms with E-state index in [-0.39, 0.29) is 17.0 Å². The molecule has 0 radical (unpaired) electrons. The minimum absolute atomic E-state index is 0. The highest BCUT2D eigenvalue weighted by molar-refractivity contribution is 8.93. The highest BCUT2D eigenvalue weighted by Crippen LogP contribution is 2.21. The summed E-state index contributed by atoms with van der Waals surface area (Å²) in [5, 5.41) is 0.812. The second-order valence-electron chi connectivity index (χ2n) is 2.18. The zero-order valence-corrected chi connectivity index (χ0v) is 9.78. The van der Waals surface area contributed by atoms with Crippen molar-refractivity contribution in [3.63, 3.8) is 0 Å². The van der Waals surface area contributed by atoms with E-state index in [4.69, 9.17) is 28.9 Å². The Morgan fingerprint density at radius 1 is 1.50 bits per heavy atom. The summed E-state index contributed by atoms with van der Waals surface area (Å²) in [5.41, 5.74) is 5.36. The second kappa shape index (κ2) is 5.07. The van der Waals surface area contributed by atoms with Crippen molar-refractivity contribution in [1.29, 1.82) is 0 Å². The van der Waals surface area contributed by atoms with Crippen molar-refractivity contribution in [1.82, 2.24) is 9.55 Å². The van der Waals surface area contributed by atoms with Crippen LogP contribution in [-0.2, 0) is 6.54 Å². The monoisotopic (exact) mass is 273 g/mol. The molecule has 1 aromatic rings. The van der Waals surface area contributed by atoms with E-state index in [1.165, 1.54) is 0 Å². The Morgan fingerprint density at radius 2 is 2.08 bits per heavy atom. The first-order valence-corrected chi connectivity index (χ1v) is 4.00. The molecule has 0 fully saturated rings. The zero-order chi connectivity index (χ0) is 8.43. The lowest BCUT2D eigenvalue weighted by molar-refractivity contribution is 0.685. The van der Waals surface area contributed by atoms with E-state index in [1.54, 1.807) is 4.57 Å². The first-order chi connectivity index (χ1) is 5.16. The van der Waals surface area contributed by atoms with Gasteiger partial charge in [-0.3, -0.25) is 0 Å². The van der Waals surface area contributed by atoms with E-state index < -0.39 is 0 Å². The van der Waals surface area contributed by atoms with E-state index in [9.17, 15) is 0 Å². The first-order valence-electron chi connectivity index (χ1n) is 3.25. The van der Waals surface area contributed by atoms with Crippen LogP contribution in [-0.4, -0.2) is 16.1 Å². The molecule has 0 saturated heterocycles. The van der Waals surface area contributed by atoms with Gasteiger partial charge in [0.2, 0.25) is 0 Å². The van der Waals surface area contributed by atoms with Crippen molar-refractivity contribution in [3.8, 4) is 0 Å². The molecule has 0 bridgehead atoms. The Bertz CT molecular complexity index is 262. The number of nitrogens with zero attached hydrogens (tertiary/aromatic N) is 2. The summed E-state index contributed by atoms with van der Waals surface area (Å²) in [6.45, 7) is 3.03. The minimum Gasteiger partial charge on any atom is -0.329 e. The molecule has 0 atom stereocenters. The number of hydrogen-bond acceptors (Lipinski definition) is 2. The van der Waals surface area contributed by atoms with Crippen molar-refractivity contribution in [2.75, 3.05) is 6.54 Å². The fraction of sp³-hybridized carbons (Fsp3) is 0.500. The topological polar surface area (TPSA) is 43.8 Å². The molecule has 0 spiro atoms. The van der Waals surface area contributed by atoms with Gasteiger partial charge >= 0.3 is 0 Å². The van der Waals surface area contributed by atoms with Crippen LogP contribution in [0.2, 0.25) is 10.3 Å². The fourth-order valence-corrected chi connectivity index (χ4v) is 1.36. The molecule has 1 aromatic heterocycles. The van der Waals surface area contributed by atoms with Gasteiger partial charge in [0.25, 0.3) is 0 Å². The van der Waals surface area contributed by atoms with Crippen LogP contribution in [0.3, 0.4) is 0 Å². The molecule has 0 amide bonds. The maximum absolute atomic E-state index is 5.81. The fourth-order valence-electron chi connectivity index (χ4n) is 0.891. The van der Waals surface area contributed by atoms with E-state index in [2.05, 4.69) is 4.98 Å². The summed E-state index contributed by atoms with van der Waals surface area (Å²) >= 11 is 11.5. The van der Waals surface area contributed by atoms with Gasteiger partial charge in [0, 0.05) is 13.1 Å². The Morgan fingerprint density at radius 3 is 2.42 bits per heavy atom. The zero-order valence-electron chi connectivity index (χ0n) is 6.55. The largest absolute Gasteiger partial charge is 0.329 e. The standard InChI is InChI=1S/C6H9Cl2N3.BrH/c1-4-10-5(7)6(8)11(4)3-2-9;/h2-3,9H2,1H3;1H. The van der Waals surface area contributed by atoms with E-state index in [0.717, 1.165) is 5.82 Å². The SMILES string of the molecule is Br.Cc1nc(Cl)c(Cl)n1CCN. The Balaban J connectivity index is 0.00000121. The van der Waals surface area contributed by atoms with Crippen molar-refractivity contribution >= 4 is 40.2 Å². The molecule has 0 unspecified atom stereocenters. The first kappa shape index (κ1) is 12.2. The average molecular weight is 275 g/mol. The number of aryl methyl sites for hydroxylation is 1. The summed E-state index contributed by atoms with van der Waals surface area (Å²) in [6, 6.07) is 0. The smallest absolute Gasteiger partial charge is 0.166 e. The Labute approximate surface area is 91.6 Å². The number of nitrogens with two attached hydrogens (primary N) is 1. The van der Waals surface area contributed by atoms with Crippen LogP contribution >= 0.6 is 40.2 Å². The molecule has 0 saturated carbocycles.